The van der Waals surface area contributed by atoms with Crippen molar-refractivity contribution in [2.45, 2.75) is 24.7 Å². The molecule has 2 bridgehead atoms. The third kappa shape index (κ3) is 0.619. The van der Waals surface area contributed by atoms with E-state index in [-0.39, 0.29) is 24.1 Å². The van der Waals surface area contributed by atoms with Crippen LogP contribution in [0.2, 0.25) is 0 Å². The number of rotatable bonds is 0. The lowest BCUT2D eigenvalue weighted by molar-refractivity contribution is -0.126. The zero-order chi connectivity index (χ0) is 8.29. The molecule has 0 unspecified atom stereocenters. The molecule has 0 aromatic rings. The van der Waals surface area contributed by atoms with Crippen LogP contribution >= 0.6 is 0 Å². The van der Waals surface area contributed by atoms with Gasteiger partial charge in [-0.05, 0) is 5.57 Å². The Hall–Kier alpha value is -0.670. The fourth-order valence-electron chi connectivity index (χ4n) is 2.48. The van der Waals surface area contributed by atoms with Crippen molar-refractivity contribution in [2.75, 3.05) is 6.61 Å². The van der Waals surface area contributed by atoms with E-state index in [1.54, 1.807) is 0 Å². The van der Waals surface area contributed by atoms with Gasteiger partial charge in [-0.3, -0.25) is 4.79 Å². The van der Waals surface area contributed by atoms with Gasteiger partial charge in [0.25, 0.3) is 0 Å². The first kappa shape index (κ1) is 6.80. The molecule has 0 radical (unpaired) electrons. The second-order valence-electron chi connectivity index (χ2n) is 3.73. The average Bonchev–Trinajstić information content (AvgIpc) is 2.62. The number of carbonyl (C=O) groups excluding carboxylic acids is 1. The van der Waals surface area contributed by atoms with Gasteiger partial charge in [-0.1, -0.05) is 6.58 Å². The van der Waals surface area contributed by atoms with Crippen LogP contribution in [0, 0.1) is 5.92 Å². The largest absolute Gasteiger partial charge is 0.370 e. The number of Topliss-reactive ketones (excluding diaryl/α,β-unsaturated/α-hetero) is 1. The lowest BCUT2D eigenvalue weighted by Crippen LogP contribution is -2.35. The highest BCUT2D eigenvalue weighted by atomic mass is 16.6. The van der Waals surface area contributed by atoms with Crippen molar-refractivity contribution in [3.05, 3.63) is 12.2 Å². The summed E-state index contributed by atoms with van der Waals surface area (Å²) in [7, 11) is 0. The van der Waals surface area contributed by atoms with Crippen LogP contribution in [-0.2, 0) is 14.3 Å². The molecule has 0 spiro atoms. The Labute approximate surface area is 70.3 Å². The van der Waals surface area contributed by atoms with Crippen molar-refractivity contribution in [1.29, 1.82) is 0 Å². The highest BCUT2D eigenvalue weighted by Gasteiger charge is 2.57. The first-order valence-corrected chi connectivity index (χ1v) is 4.25. The van der Waals surface area contributed by atoms with E-state index in [0.717, 1.165) is 5.57 Å². The number of carbonyl (C=O) groups is 1. The summed E-state index contributed by atoms with van der Waals surface area (Å²) >= 11 is 0. The van der Waals surface area contributed by atoms with E-state index in [2.05, 4.69) is 6.58 Å². The number of hydrogen-bond donors (Lipinski definition) is 0. The molecule has 12 heavy (non-hydrogen) atoms. The summed E-state index contributed by atoms with van der Waals surface area (Å²) in [5.74, 6) is 0.503. The van der Waals surface area contributed by atoms with Crippen molar-refractivity contribution in [3.63, 3.8) is 0 Å². The van der Waals surface area contributed by atoms with Crippen LogP contribution in [0.1, 0.15) is 6.42 Å². The standard InChI is InChI=1S/C9H10O3/c1-4-3-11-9-7(4)6-2-5(10)8(9)12-6/h6-9H,1-3H2/t6-,7-,8-,9+/m1/s1. The second kappa shape index (κ2) is 1.98. The molecule has 3 rings (SSSR count). The van der Waals surface area contributed by atoms with Gasteiger partial charge in [0.1, 0.15) is 12.2 Å². The Bertz CT molecular complexity index is 271. The van der Waals surface area contributed by atoms with Crippen LogP contribution in [0.5, 0.6) is 0 Å². The molecule has 4 atom stereocenters. The molecule has 0 aromatic heterocycles. The summed E-state index contributed by atoms with van der Waals surface area (Å²) in [4.78, 5) is 11.3. The third-order valence-corrected chi connectivity index (χ3v) is 3.03. The van der Waals surface area contributed by atoms with E-state index in [1.165, 1.54) is 0 Å². The minimum atomic E-state index is -0.278. The predicted molar refractivity (Wildman–Crippen MR) is 40.7 cm³/mol. The summed E-state index contributed by atoms with van der Waals surface area (Å²) in [5, 5.41) is 0. The average molecular weight is 166 g/mol. The van der Waals surface area contributed by atoms with E-state index < -0.39 is 0 Å². The van der Waals surface area contributed by atoms with E-state index >= 15 is 0 Å². The van der Waals surface area contributed by atoms with E-state index in [4.69, 9.17) is 9.47 Å². The maximum atomic E-state index is 11.3. The molecule has 0 aliphatic carbocycles. The highest BCUT2D eigenvalue weighted by molar-refractivity contribution is 5.87. The number of hydrogen-bond acceptors (Lipinski definition) is 3. The molecule has 0 aromatic carbocycles. The molecule has 3 saturated heterocycles. The molecule has 0 saturated carbocycles. The maximum Gasteiger partial charge on any atom is 0.166 e. The summed E-state index contributed by atoms with van der Waals surface area (Å²) in [6, 6.07) is 0. The molecule has 0 N–H and O–H groups in total. The number of fused-ring (bicyclic) bond motifs is 5. The number of ketones is 1. The first-order chi connectivity index (χ1) is 5.77. The maximum absolute atomic E-state index is 11.3. The van der Waals surface area contributed by atoms with Crippen molar-refractivity contribution in [1.82, 2.24) is 0 Å². The van der Waals surface area contributed by atoms with Crippen LogP contribution in [0.4, 0.5) is 0 Å². The minimum Gasteiger partial charge on any atom is -0.370 e. The molecular formula is C9H10O3. The fourth-order valence-corrected chi connectivity index (χ4v) is 2.48. The monoisotopic (exact) mass is 166 g/mol. The van der Waals surface area contributed by atoms with Crippen LogP contribution in [0.25, 0.3) is 0 Å². The molecular weight excluding hydrogens is 156 g/mol. The van der Waals surface area contributed by atoms with Crippen LogP contribution in [0.3, 0.4) is 0 Å². The summed E-state index contributed by atoms with van der Waals surface area (Å²) in [5.41, 5.74) is 1.10. The minimum absolute atomic E-state index is 0.0104. The Morgan fingerprint density at radius 2 is 2.33 bits per heavy atom. The zero-order valence-corrected chi connectivity index (χ0v) is 6.66. The van der Waals surface area contributed by atoms with Gasteiger partial charge in [0.05, 0.1) is 12.7 Å². The molecule has 0 amide bonds. The third-order valence-electron chi connectivity index (χ3n) is 3.03. The Morgan fingerprint density at radius 3 is 3.17 bits per heavy atom. The van der Waals surface area contributed by atoms with Crippen molar-refractivity contribution in [2.24, 2.45) is 5.92 Å². The van der Waals surface area contributed by atoms with Crippen molar-refractivity contribution in [3.8, 4) is 0 Å². The van der Waals surface area contributed by atoms with Gasteiger partial charge < -0.3 is 9.47 Å². The molecule has 3 heterocycles. The molecule has 3 aliphatic heterocycles. The SMILES string of the molecule is C=C1CO[C@H]2[C@H]1[C@H]1CC(=O)[C@H]2O1. The van der Waals surface area contributed by atoms with Gasteiger partial charge in [0.2, 0.25) is 0 Å². The topological polar surface area (TPSA) is 35.5 Å². The lowest BCUT2D eigenvalue weighted by Gasteiger charge is -2.18. The summed E-state index contributed by atoms with van der Waals surface area (Å²) in [6.07, 6.45) is 0.347. The van der Waals surface area contributed by atoms with Crippen molar-refractivity contribution >= 4 is 5.78 Å². The Balaban J connectivity index is 1.99. The van der Waals surface area contributed by atoms with Gasteiger partial charge in [0.15, 0.2) is 5.78 Å². The van der Waals surface area contributed by atoms with Gasteiger partial charge in [-0.25, -0.2) is 0 Å². The normalized spacial score (nSPS) is 50.3. The second-order valence-corrected chi connectivity index (χ2v) is 3.73. The molecule has 3 heteroatoms. The smallest absolute Gasteiger partial charge is 0.166 e. The van der Waals surface area contributed by atoms with Crippen molar-refractivity contribution < 1.29 is 14.3 Å². The lowest BCUT2D eigenvalue weighted by atomic mass is 9.83. The van der Waals surface area contributed by atoms with Crippen LogP contribution in [0.15, 0.2) is 12.2 Å². The molecule has 3 nitrogen and oxygen atoms in total. The molecule has 3 aliphatic rings. The summed E-state index contributed by atoms with van der Waals surface area (Å²) in [6.45, 7) is 4.53. The Morgan fingerprint density at radius 1 is 1.50 bits per heavy atom. The van der Waals surface area contributed by atoms with Gasteiger partial charge in [0, 0.05) is 12.3 Å². The van der Waals surface area contributed by atoms with Gasteiger partial charge >= 0.3 is 0 Å². The molecule has 3 fully saturated rings. The fraction of sp³-hybridized carbons (Fsp3) is 0.667. The van der Waals surface area contributed by atoms with E-state index in [9.17, 15) is 4.79 Å². The predicted octanol–water partition coefficient (Wildman–Crippen LogP) is 0.298. The Kier molecular flexibility index (Phi) is 1.12. The highest BCUT2D eigenvalue weighted by Crippen LogP contribution is 2.45. The number of ether oxygens (including phenoxy) is 2. The van der Waals surface area contributed by atoms with Crippen LogP contribution in [-0.4, -0.2) is 30.7 Å². The van der Waals surface area contributed by atoms with E-state index in [1.807, 2.05) is 0 Å². The van der Waals surface area contributed by atoms with Gasteiger partial charge in [-0.2, -0.15) is 0 Å². The zero-order valence-electron chi connectivity index (χ0n) is 6.66. The van der Waals surface area contributed by atoms with Crippen LogP contribution < -0.4 is 0 Å². The molecule has 64 valence electrons. The first-order valence-electron chi connectivity index (χ1n) is 4.25. The van der Waals surface area contributed by atoms with Gasteiger partial charge in [-0.15, -0.1) is 0 Å². The van der Waals surface area contributed by atoms with E-state index in [0.29, 0.717) is 18.9 Å². The summed E-state index contributed by atoms with van der Waals surface area (Å²) < 4.78 is 10.9. The quantitative estimate of drug-likeness (QED) is 0.485.